The molecule has 1 aromatic heterocycles. The van der Waals surface area contributed by atoms with Crippen molar-refractivity contribution in [1.29, 1.82) is 5.26 Å². The number of amides is 1. The Balaban J connectivity index is 1.58. The molecule has 0 radical (unpaired) electrons. The monoisotopic (exact) mass is 422 g/mol. The number of rotatable bonds is 6. The van der Waals surface area contributed by atoms with Crippen molar-refractivity contribution in [2.75, 3.05) is 20.1 Å². The van der Waals surface area contributed by atoms with Gasteiger partial charge in [-0.15, -0.1) is 0 Å². The Bertz CT molecular complexity index is 1200. The smallest absolute Gasteiger partial charge is 0.408 e. The number of likely N-dealkylation sites (tertiary alicyclic amines) is 1. The third kappa shape index (κ3) is 4.52. The van der Waals surface area contributed by atoms with Gasteiger partial charge in [-0.2, -0.15) is 5.26 Å². The van der Waals surface area contributed by atoms with Crippen LogP contribution in [0.4, 0.5) is 4.39 Å². The normalized spacial score (nSPS) is 17.5. The molecule has 0 bridgehead atoms. The molecule has 160 valence electrons. The number of carbonyl (C=O) groups excluding carboxylic acids is 1. The molecule has 7 nitrogen and oxygen atoms in total. The van der Waals surface area contributed by atoms with E-state index in [9.17, 15) is 19.2 Å². The quantitative estimate of drug-likeness (QED) is 0.616. The fourth-order valence-corrected chi connectivity index (χ4v) is 4.06. The van der Waals surface area contributed by atoms with Crippen LogP contribution in [0.25, 0.3) is 11.1 Å². The fourth-order valence-electron chi connectivity index (χ4n) is 4.06. The summed E-state index contributed by atoms with van der Waals surface area (Å²) in [5, 5.41) is 9.27. The first-order valence-corrected chi connectivity index (χ1v) is 10.2. The standard InChI is InChI=1S/C23H23FN4O3/c1-27(22(29)12-15-7-8-20-18(11-15)26-23(30)31-20)19(14-28-9-3-6-21(28)24)17-5-2-4-16(10-17)13-25/h2,4-5,7-8,10-11,19,21H,3,6,9,12,14H2,1H3,(H,26,30)/t19-,21?/m1/s1. The number of halogens is 1. The van der Waals surface area contributed by atoms with Crippen LogP contribution in [-0.4, -0.2) is 47.1 Å². The van der Waals surface area contributed by atoms with Crippen molar-refractivity contribution in [2.24, 2.45) is 0 Å². The number of benzene rings is 2. The van der Waals surface area contributed by atoms with Gasteiger partial charge in [-0.05, 0) is 48.2 Å². The van der Waals surface area contributed by atoms with E-state index in [1.807, 2.05) is 6.07 Å². The Kier molecular flexibility index (Phi) is 5.87. The van der Waals surface area contributed by atoms with E-state index in [0.29, 0.717) is 36.2 Å². The summed E-state index contributed by atoms with van der Waals surface area (Å²) in [5.74, 6) is -0.688. The number of H-pyrrole nitrogens is 1. The second kappa shape index (κ2) is 8.74. The van der Waals surface area contributed by atoms with Crippen LogP contribution in [0.15, 0.2) is 51.7 Å². The SMILES string of the molecule is CN(C(=O)Cc1ccc2oc(=O)[nH]c2c1)[C@H](CN1CCCC1F)c1cccc(C#N)c1. The predicted molar refractivity (Wildman–Crippen MR) is 113 cm³/mol. The molecule has 2 heterocycles. The molecule has 3 aromatic rings. The maximum atomic E-state index is 14.3. The van der Waals surface area contributed by atoms with Gasteiger partial charge in [0.05, 0.1) is 29.6 Å². The molecular formula is C23H23FN4O3. The van der Waals surface area contributed by atoms with Gasteiger partial charge < -0.3 is 9.32 Å². The average molecular weight is 422 g/mol. The van der Waals surface area contributed by atoms with Crippen molar-refractivity contribution >= 4 is 17.0 Å². The van der Waals surface area contributed by atoms with Crippen LogP contribution in [0.5, 0.6) is 0 Å². The van der Waals surface area contributed by atoms with Gasteiger partial charge in [0.1, 0.15) is 0 Å². The van der Waals surface area contributed by atoms with Crippen molar-refractivity contribution in [3.05, 3.63) is 69.7 Å². The highest BCUT2D eigenvalue weighted by Crippen LogP contribution is 2.27. The number of likely N-dealkylation sites (N-methyl/N-ethyl adjacent to an activating group) is 1. The number of hydrogen-bond acceptors (Lipinski definition) is 5. The fraction of sp³-hybridized carbons (Fsp3) is 0.348. The second-order valence-corrected chi connectivity index (χ2v) is 7.85. The van der Waals surface area contributed by atoms with Gasteiger partial charge in [-0.25, -0.2) is 9.18 Å². The molecule has 0 saturated carbocycles. The molecule has 1 aliphatic rings. The van der Waals surface area contributed by atoms with Crippen LogP contribution in [0.3, 0.4) is 0 Å². The number of nitrogens with zero attached hydrogens (tertiary/aromatic N) is 3. The minimum absolute atomic E-state index is 0.118. The maximum Gasteiger partial charge on any atom is 0.417 e. The Morgan fingerprint density at radius 2 is 2.23 bits per heavy atom. The van der Waals surface area contributed by atoms with E-state index in [2.05, 4.69) is 11.1 Å². The number of alkyl halides is 1. The van der Waals surface area contributed by atoms with Crippen LogP contribution >= 0.6 is 0 Å². The van der Waals surface area contributed by atoms with E-state index in [1.54, 1.807) is 53.2 Å². The summed E-state index contributed by atoms with van der Waals surface area (Å²) in [5.41, 5.74) is 2.99. The van der Waals surface area contributed by atoms with E-state index < -0.39 is 18.1 Å². The number of aromatic nitrogens is 1. The lowest BCUT2D eigenvalue weighted by Gasteiger charge is -2.33. The molecular weight excluding hydrogens is 399 g/mol. The van der Waals surface area contributed by atoms with Crippen LogP contribution < -0.4 is 5.76 Å². The zero-order valence-corrected chi connectivity index (χ0v) is 17.2. The Morgan fingerprint density at radius 1 is 1.39 bits per heavy atom. The van der Waals surface area contributed by atoms with E-state index in [-0.39, 0.29) is 12.3 Å². The van der Waals surface area contributed by atoms with Gasteiger partial charge in [0.25, 0.3) is 0 Å². The number of hydrogen-bond donors (Lipinski definition) is 1. The first kappa shape index (κ1) is 20.8. The van der Waals surface area contributed by atoms with Gasteiger partial charge in [0, 0.05) is 20.1 Å². The third-order valence-corrected chi connectivity index (χ3v) is 5.79. The number of aromatic amines is 1. The topological polar surface area (TPSA) is 93.3 Å². The molecule has 1 aliphatic heterocycles. The minimum atomic E-state index is -1.02. The summed E-state index contributed by atoms with van der Waals surface area (Å²) in [6, 6.07) is 13.9. The highest BCUT2D eigenvalue weighted by molar-refractivity contribution is 5.81. The van der Waals surface area contributed by atoms with Crippen LogP contribution in [-0.2, 0) is 11.2 Å². The van der Waals surface area contributed by atoms with Crippen molar-refractivity contribution in [1.82, 2.24) is 14.8 Å². The van der Waals surface area contributed by atoms with E-state index >= 15 is 0 Å². The average Bonchev–Trinajstić information content (AvgIpc) is 3.35. The van der Waals surface area contributed by atoms with E-state index in [4.69, 9.17) is 4.42 Å². The lowest BCUT2D eigenvalue weighted by atomic mass is 10.0. The van der Waals surface area contributed by atoms with E-state index in [0.717, 1.165) is 17.5 Å². The molecule has 0 spiro atoms. The molecule has 1 fully saturated rings. The van der Waals surface area contributed by atoms with E-state index in [1.165, 1.54) is 0 Å². The van der Waals surface area contributed by atoms with Gasteiger partial charge >= 0.3 is 5.76 Å². The maximum absolute atomic E-state index is 14.3. The zero-order valence-electron chi connectivity index (χ0n) is 17.2. The largest absolute Gasteiger partial charge is 0.417 e. The molecule has 0 aliphatic carbocycles. The molecule has 1 amide bonds. The zero-order chi connectivity index (χ0) is 22.0. The summed E-state index contributed by atoms with van der Waals surface area (Å²) < 4.78 is 19.3. The van der Waals surface area contributed by atoms with Gasteiger partial charge in [0.15, 0.2) is 11.9 Å². The summed E-state index contributed by atoms with van der Waals surface area (Å²) in [4.78, 5) is 30.4. The van der Waals surface area contributed by atoms with Crippen molar-refractivity contribution in [3.63, 3.8) is 0 Å². The Morgan fingerprint density at radius 3 is 2.97 bits per heavy atom. The lowest BCUT2D eigenvalue weighted by molar-refractivity contribution is -0.132. The first-order chi connectivity index (χ1) is 14.9. The molecule has 8 heteroatoms. The number of carbonyl (C=O) groups is 1. The molecule has 31 heavy (non-hydrogen) atoms. The highest BCUT2D eigenvalue weighted by Gasteiger charge is 2.30. The number of nitrogens with one attached hydrogen (secondary N) is 1. The number of nitriles is 1. The minimum Gasteiger partial charge on any atom is -0.408 e. The summed E-state index contributed by atoms with van der Waals surface area (Å²) in [6.07, 6.45) is 0.372. The van der Waals surface area contributed by atoms with Gasteiger partial charge in [-0.1, -0.05) is 18.2 Å². The molecule has 2 atom stereocenters. The lowest BCUT2D eigenvalue weighted by Crippen LogP contribution is -2.40. The third-order valence-electron chi connectivity index (χ3n) is 5.79. The second-order valence-electron chi connectivity index (χ2n) is 7.85. The van der Waals surface area contributed by atoms with Crippen molar-refractivity contribution in [3.8, 4) is 6.07 Å². The predicted octanol–water partition coefficient (Wildman–Crippen LogP) is 3.13. The summed E-state index contributed by atoms with van der Waals surface area (Å²) in [7, 11) is 1.70. The molecule has 1 N–H and O–H groups in total. The summed E-state index contributed by atoms with van der Waals surface area (Å²) in [6.45, 7) is 0.995. The van der Waals surface area contributed by atoms with Crippen molar-refractivity contribution in [2.45, 2.75) is 31.6 Å². The Labute approximate surface area is 178 Å². The molecule has 1 saturated heterocycles. The van der Waals surface area contributed by atoms with Crippen molar-refractivity contribution < 1.29 is 13.6 Å². The van der Waals surface area contributed by atoms with Crippen LogP contribution in [0.1, 0.15) is 35.6 Å². The first-order valence-electron chi connectivity index (χ1n) is 10.2. The molecule has 2 aromatic carbocycles. The number of fused-ring (bicyclic) bond motifs is 1. The molecule has 1 unspecified atom stereocenters. The highest BCUT2D eigenvalue weighted by atomic mass is 19.1. The summed E-state index contributed by atoms with van der Waals surface area (Å²) >= 11 is 0. The Hall–Kier alpha value is -3.44. The molecule has 4 rings (SSSR count). The van der Waals surface area contributed by atoms with Gasteiger partial charge in [0.2, 0.25) is 5.91 Å². The van der Waals surface area contributed by atoms with Crippen LogP contribution in [0, 0.1) is 11.3 Å². The number of oxazole rings is 1. The van der Waals surface area contributed by atoms with Gasteiger partial charge in [-0.3, -0.25) is 14.7 Å². The van der Waals surface area contributed by atoms with Crippen LogP contribution in [0.2, 0.25) is 0 Å².